The van der Waals surface area contributed by atoms with Crippen LogP contribution in [0.3, 0.4) is 0 Å². The summed E-state index contributed by atoms with van der Waals surface area (Å²) in [6.45, 7) is 0. The summed E-state index contributed by atoms with van der Waals surface area (Å²) >= 11 is 0. The summed E-state index contributed by atoms with van der Waals surface area (Å²) in [7, 11) is -10.3. The van der Waals surface area contributed by atoms with Crippen molar-refractivity contribution >= 4 is 10.0 Å². The predicted molar refractivity (Wildman–Crippen MR) is 75.7 cm³/mol. The maximum atomic E-state index is 13.9. The lowest BCUT2D eigenvalue weighted by molar-refractivity contribution is -0.459. The maximum Gasteiger partial charge on any atom is 0.460 e. The molecule has 2 N–H and O–H groups in total. The molecule has 0 heterocycles. The summed E-state index contributed by atoms with van der Waals surface area (Å²) in [6.07, 6.45) is -24.0. The number of hydrogen-bond acceptors (Lipinski definition) is 4. The Balaban J connectivity index is 7.81. The van der Waals surface area contributed by atoms with Gasteiger partial charge < -0.3 is 10.2 Å². The van der Waals surface area contributed by atoms with Crippen molar-refractivity contribution < 1.29 is 128 Å². The van der Waals surface area contributed by atoms with Gasteiger partial charge in [-0.2, -0.15) is 110 Å². The van der Waals surface area contributed by atoms with Crippen LogP contribution in [0.25, 0.3) is 0 Å². The molecule has 0 fully saturated rings. The Labute approximate surface area is 215 Å². The molecule has 0 rings (SSSR count). The van der Waals surface area contributed by atoms with Gasteiger partial charge in [-0.05, 0) is 0 Å². The lowest BCUT2D eigenvalue weighted by Crippen LogP contribution is -2.77. The molecule has 0 radical (unpaired) electrons. The zero-order valence-electron chi connectivity index (χ0n) is 18.0. The van der Waals surface area contributed by atoms with Gasteiger partial charge in [-0.3, -0.25) is 0 Å². The molecule has 5 nitrogen and oxygen atoms in total. The van der Waals surface area contributed by atoms with E-state index in [2.05, 4.69) is 0 Å². The first kappa shape index (κ1) is 41.1. The highest BCUT2D eigenvalue weighted by Gasteiger charge is 2.97. The summed E-state index contributed by atoms with van der Waals surface area (Å²) in [5.74, 6) is -56.5. The van der Waals surface area contributed by atoms with Crippen molar-refractivity contribution in [2.75, 3.05) is 0 Å². The van der Waals surface area contributed by atoms with E-state index in [0.717, 1.165) is 0 Å². The molecule has 0 atom stereocenters. The smallest absolute Gasteiger partial charge is 0.330 e. The van der Waals surface area contributed by atoms with E-state index in [1.54, 1.807) is 0 Å². The molecular weight excluding hydrogens is 729 g/mol. The molecule has 43 heavy (non-hydrogen) atoms. The van der Waals surface area contributed by atoms with Crippen LogP contribution in [0.15, 0.2) is 0 Å². The molecule has 0 bridgehead atoms. The van der Waals surface area contributed by atoms with E-state index in [1.807, 2.05) is 0 Å². The van der Waals surface area contributed by atoms with Gasteiger partial charge in [0, 0.05) is 0 Å². The van der Waals surface area contributed by atoms with E-state index >= 15 is 0 Å². The van der Waals surface area contributed by atoms with Gasteiger partial charge in [0.1, 0.15) is 0 Å². The number of halogens is 25. The molecule has 0 aromatic heterocycles. The summed E-state index contributed by atoms with van der Waals surface area (Å²) < 4.78 is 346. The first-order valence-electron chi connectivity index (χ1n) is 8.59. The molecule has 0 saturated heterocycles. The fourth-order valence-electron chi connectivity index (χ4n) is 2.15. The van der Waals surface area contributed by atoms with Crippen LogP contribution < -0.4 is 0 Å². The van der Waals surface area contributed by atoms with E-state index < -0.39 is 85.6 Å². The zero-order chi connectivity index (χ0) is 36.1. The number of aliphatic hydroxyl groups is 2. The standard InChI is InChI=1S/C12H2F25NO4S/c13-1(14,3(17,18)5(21,22)7(25,26)27)2(15,16)4(19,20)6(23,24)12(36,37)43(41,42)38(8(28,29)10(32,33)39)9(30,31)11(34,35)40/h39-40H. The van der Waals surface area contributed by atoms with Crippen LogP contribution in [-0.2, 0) is 10.0 Å². The lowest BCUT2D eigenvalue weighted by Gasteiger charge is -2.44. The highest BCUT2D eigenvalue weighted by atomic mass is 32.2. The van der Waals surface area contributed by atoms with E-state index in [1.165, 1.54) is 0 Å². The van der Waals surface area contributed by atoms with E-state index in [4.69, 9.17) is 10.2 Å². The third-order valence-electron chi connectivity index (χ3n) is 4.49. The first-order valence-corrected chi connectivity index (χ1v) is 10.0. The Bertz CT molecular complexity index is 1120. The Morgan fingerprint density at radius 1 is 0.372 bits per heavy atom. The predicted octanol–water partition coefficient (Wildman–Crippen LogP) is 5.94. The Kier molecular flexibility index (Phi) is 9.35. The molecule has 0 aliphatic rings. The monoisotopic (exact) mass is 731 g/mol. The fourth-order valence-corrected chi connectivity index (χ4v) is 3.65. The van der Waals surface area contributed by atoms with E-state index in [9.17, 15) is 118 Å². The fraction of sp³-hybridized carbons (Fsp3) is 1.00. The molecule has 0 saturated carbocycles. The third-order valence-corrected chi connectivity index (χ3v) is 6.34. The van der Waals surface area contributed by atoms with Crippen LogP contribution in [0.5, 0.6) is 0 Å². The third kappa shape index (κ3) is 5.16. The van der Waals surface area contributed by atoms with Gasteiger partial charge in [0.15, 0.2) is 0 Å². The number of sulfonamides is 1. The highest BCUT2D eigenvalue weighted by molar-refractivity contribution is 7.90. The molecule has 31 heteroatoms. The van der Waals surface area contributed by atoms with Crippen LogP contribution in [0.4, 0.5) is 110 Å². The molecule has 0 unspecified atom stereocenters. The summed E-state index contributed by atoms with van der Waals surface area (Å²) in [4.78, 5) is 0. The van der Waals surface area contributed by atoms with Gasteiger partial charge >= 0.3 is 71.3 Å². The molecule has 0 aliphatic carbocycles. The Morgan fingerprint density at radius 2 is 0.581 bits per heavy atom. The molecule has 260 valence electrons. The minimum atomic E-state index is -10.3. The Morgan fingerprint density at radius 3 is 0.791 bits per heavy atom. The van der Waals surface area contributed by atoms with Gasteiger partial charge in [0.05, 0.1) is 0 Å². The topological polar surface area (TPSA) is 77.8 Å². The van der Waals surface area contributed by atoms with Gasteiger partial charge in [-0.15, -0.1) is 0 Å². The summed E-state index contributed by atoms with van der Waals surface area (Å²) in [5.41, 5.74) is 0. The lowest BCUT2D eigenvalue weighted by atomic mass is 9.91. The van der Waals surface area contributed by atoms with Crippen LogP contribution in [0, 0.1) is 0 Å². The second-order valence-electron chi connectivity index (χ2n) is 7.40. The molecule has 0 aromatic rings. The van der Waals surface area contributed by atoms with Crippen molar-refractivity contribution in [2.24, 2.45) is 0 Å². The van der Waals surface area contributed by atoms with Crippen molar-refractivity contribution in [2.45, 2.75) is 71.3 Å². The van der Waals surface area contributed by atoms with Gasteiger partial charge in [0.25, 0.3) is 10.0 Å². The van der Waals surface area contributed by atoms with Crippen LogP contribution in [0.1, 0.15) is 0 Å². The van der Waals surface area contributed by atoms with E-state index in [-0.39, 0.29) is 0 Å². The van der Waals surface area contributed by atoms with Crippen molar-refractivity contribution in [3.63, 3.8) is 0 Å². The van der Waals surface area contributed by atoms with E-state index in [0.29, 0.717) is 0 Å². The summed E-state index contributed by atoms with van der Waals surface area (Å²) in [6, 6.07) is -17.1. The van der Waals surface area contributed by atoms with Gasteiger partial charge in [-0.25, -0.2) is 8.42 Å². The number of rotatable bonds is 12. The van der Waals surface area contributed by atoms with Gasteiger partial charge in [-0.1, -0.05) is 4.31 Å². The maximum absolute atomic E-state index is 13.9. The molecular formula is C12H2F25NO4S. The van der Waals surface area contributed by atoms with Crippen molar-refractivity contribution in [3.8, 4) is 0 Å². The number of alkyl halides is 25. The second kappa shape index (κ2) is 9.79. The SMILES string of the molecule is O=S(=O)(N(C(F)(F)C(O)(F)F)C(F)(F)C(O)(F)F)C(F)(F)C(F)(F)C(F)(F)C(F)(F)C(F)(F)C(F)(F)C(F)(F)C(F)(F)F. The van der Waals surface area contributed by atoms with Crippen LogP contribution >= 0.6 is 0 Å². The quantitative estimate of drug-likeness (QED) is 0.193. The largest absolute Gasteiger partial charge is 0.460 e. The molecule has 0 aliphatic heterocycles. The van der Waals surface area contributed by atoms with Crippen molar-refractivity contribution in [3.05, 3.63) is 0 Å². The molecule has 0 amide bonds. The first-order chi connectivity index (χ1) is 17.9. The highest BCUT2D eigenvalue weighted by Crippen LogP contribution is 2.65. The normalized spacial score (nSPS) is 17.1. The number of hydrogen-bond donors (Lipinski definition) is 2. The number of nitrogens with zero attached hydrogens (tertiary/aromatic N) is 1. The van der Waals surface area contributed by atoms with Gasteiger partial charge in [0.2, 0.25) is 0 Å². The molecule has 0 aromatic carbocycles. The second-order valence-corrected chi connectivity index (χ2v) is 9.22. The van der Waals surface area contributed by atoms with Crippen molar-refractivity contribution in [1.29, 1.82) is 0 Å². The van der Waals surface area contributed by atoms with Crippen LogP contribution in [-0.4, -0.2) is 94.2 Å². The molecule has 0 spiro atoms. The minimum Gasteiger partial charge on any atom is -0.330 e. The van der Waals surface area contributed by atoms with Crippen LogP contribution in [0.2, 0.25) is 0 Å². The average Bonchev–Trinajstić information content (AvgIpc) is 2.69. The zero-order valence-corrected chi connectivity index (χ0v) is 18.8. The average molecular weight is 731 g/mol. The van der Waals surface area contributed by atoms with Crippen molar-refractivity contribution in [1.82, 2.24) is 4.31 Å². The Hall–Kier alpha value is -1.92. The summed E-state index contributed by atoms with van der Waals surface area (Å²) in [5, 5.41) is 5.93. The minimum absolute atomic E-state index is 5.15.